The average Bonchev–Trinajstić information content (AvgIpc) is 2.63. The van der Waals surface area contributed by atoms with Gasteiger partial charge in [0, 0.05) is 45.1 Å². The van der Waals surface area contributed by atoms with E-state index in [-0.39, 0.29) is 6.03 Å². The van der Waals surface area contributed by atoms with Gasteiger partial charge in [-0.1, -0.05) is 18.2 Å². The molecular formula is C18H22N4O2. The van der Waals surface area contributed by atoms with E-state index in [0.717, 1.165) is 19.6 Å². The van der Waals surface area contributed by atoms with Crippen LogP contribution in [0.2, 0.25) is 0 Å². The van der Waals surface area contributed by atoms with Crippen molar-refractivity contribution in [3.8, 4) is 5.75 Å². The number of hydrogen-bond acceptors (Lipinski definition) is 4. The third kappa shape index (κ3) is 4.02. The Balaban J connectivity index is 1.52. The van der Waals surface area contributed by atoms with Crippen LogP contribution in [0.3, 0.4) is 0 Å². The van der Waals surface area contributed by atoms with Crippen LogP contribution in [0, 0.1) is 0 Å². The van der Waals surface area contributed by atoms with E-state index in [1.165, 1.54) is 5.56 Å². The van der Waals surface area contributed by atoms with Crippen LogP contribution in [-0.2, 0) is 6.54 Å². The number of methoxy groups -OCH3 is 1. The molecule has 2 heterocycles. The molecule has 24 heavy (non-hydrogen) atoms. The number of nitrogens with one attached hydrogen (secondary N) is 1. The van der Waals surface area contributed by atoms with Gasteiger partial charge in [-0.15, -0.1) is 0 Å². The molecule has 1 aliphatic rings. The lowest BCUT2D eigenvalue weighted by atomic mass is 10.2. The van der Waals surface area contributed by atoms with Crippen molar-refractivity contribution in [1.82, 2.24) is 14.8 Å². The van der Waals surface area contributed by atoms with Crippen molar-refractivity contribution in [1.29, 1.82) is 0 Å². The lowest BCUT2D eigenvalue weighted by Gasteiger charge is -2.34. The summed E-state index contributed by atoms with van der Waals surface area (Å²) in [7, 11) is 1.60. The molecule has 3 rings (SSSR count). The van der Waals surface area contributed by atoms with E-state index in [9.17, 15) is 4.79 Å². The summed E-state index contributed by atoms with van der Waals surface area (Å²) in [5.74, 6) is 0.668. The van der Waals surface area contributed by atoms with Crippen LogP contribution in [0.1, 0.15) is 5.56 Å². The molecule has 2 aromatic rings. The van der Waals surface area contributed by atoms with Crippen LogP contribution >= 0.6 is 0 Å². The Morgan fingerprint density at radius 3 is 2.67 bits per heavy atom. The van der Waals surface area contributed by atoms with Gasteiger partial charge >= 0.3 is 6.03 Å². The minimum Gasteiger partial charge on any atom is -0.495 e. The maximum Gasteiger partial charge on any atom is 0.322 e. The third-order valence-electron chi connectivity index (χ3n) is 4.14. The summed E-state index contributed by atoms with van der Waals surface area (Å²) >= 11 is 0. The number of benzene rings is 1. The SMILES string of the molecule is COc1ccccc1NC(=O)N1CCN(Cc2cccnc2)CC1. The second-order valence-corrected chi connectivity index (χ2v) is 5.75. The van der Waals surface area contributed by atoms with Gasteiger partial charge in [0.1, 0.15) is 5.75 Å². The van der Waals surface area contributed by atoms with Crippen molar-refractivity contribution in [2.24, 2.45) is 0 Å². The van der Waals surface area contributed by atoms with E-state index < -0.39 is 0 Å². The summed E-state index contributed by atoms with van der Waals surface area (Å²) in [5.41, 5.74) is 1.90. The molecule has 0 bridgehead atoms. The zero-order valence-corrected chi connectivity index (χ0v) is 13.8. The number of hydrogen-bond donors (Lipinski definition) is 1. The lowest BCUT2D eigenvalue weighted by molar-refractivity contribution is 0.143. The number of carbonyl (C=O) groups excluding carboxylic acids is 1. The molecule has 1 aromatic carbocycles. The molecule has 0 spiro atoms. The molecule has 6 heteroatoms. The number of para-hydroxylation sites is 2. The number of amides is 2. The van der Waals surface area contributed by atoms with E-state index in [0.29, 0.717) is 24.5 Å². The smallest absolute Gasteiger partial charge is 0.322 e. The van der Waals surface area contributed by atoms with Crippen LogP contribution in [0.4, 0.5) is 10.5 Å². The highest BCUT2D eigenvalue weighted by Gasteiger charge is 2.21. The summed E-state index contributed by atoms with van der Waals surface area (Å²) in [5, 5.41) is 2.93. The Bertz CT molecular complexity index is 670. The standard InChI is InChI=1S/C18H22N4O2/c1-24-17-7-3-2-6-16(17)20-18(23)22-11-9-21(10-12-22)14-15-5-4-8-19-13-15/h2-8,13H,9-12,14H2,1H3,(H,20,23). The van der Waals surface area contributed by atoms with Crippen molar-refractivity contribution in [3.63, 3.8) is 0 Å². The normalized spacial score (nSPS) is 15.1. The molecule has 1 saturated heterocycles. The average molecular weight is 326 g/mol. The molecule has 0 aliphatic carbocycles. The second-order valence-electron chi connectivity index (χ2n) is 5.75. The van der Waals surface area contributed by atoms with Crippen LogP contribution in [0.15, 0.2) is 48.8 Å². The van der Waals surface area contributed by atoms with Gasteiger partial charge in [0.05, 0.1) is 12.8 Å². The lowest BCUT2D eigenvalue weighted by Crippen LogP contribution is -2.49. The van der Waals surface area contributed by atoms with E-state index in [4.69, 9.17) is 4.74 Å². The Kier molecular flexibility index (Phi) is 5.28. The van der Waals surface area contributed by atoms with Crippen molar-refractivity contribution in [2.75, 3.05) is 38.6 Å². The van der Waals surface area contributed by atoms with Gasteiger partial charge in [0.25, 0.3) is 0 Å². The van der Waals surface area contributed by atoms with Gasteiger partial charge < -0.3 is 15.0 Å². The Morgan fingerprint density at radius 1 is 1.17 bits per heavy atom. The zero-order valence-electron chi connectivity index (χ0n) is 13.8. The predicted molar refractivity (Wildman–Crippen MR) is 93.1 cm³/mol. The van der Waals surface area contributed by atoms with Crippen LogP contribution in [-0.4, -0.2) is 54.1 Å². The zero-order chi connectivity index (χ0) is 16.8. The highest BCUT2D eigenvalue weighted by atomic mass is 16.5. The van der Waals surface area contributed by atoms with Gasteiger partial charge in [0.15, 0.2) is 0 Å². The molecule has 1 N–H and O–H groups in total. The summed E-state index contributed by atoms with van der Waals surface area (Å²) in [6.45, 7) is 4.00. The topological polar surface area (TPSA) is 57.7 Å². The maximum atomic E-state index is 12.4. The number of rotatable bonds is 4. The number of piperazine rings is 1. The number of ether oxygens (including phenoxy) is 1. The highest BCUT2D eigenvalue weighted by molar-refractivity contribution is 5.91. The Hall–Kier alpha value is -2.60. The molecule has 2 amide bonds. The largest absolute Gasteiger partial charge is 0.495 e. The first kappa shape index (κ1) is 16.3. The minimum absolute atomic E-state index is 0.0828. The first-order valence-corrected chi connectivity index (χ1v) is 8.06. The molecule has 126 valence electrons. The number of anilines is 1. The number of pyridine rings is 1. The van der Waals surface area contributed by atoms with Crippen molar-refractivity contribution in [3.05, 3.63) is 54.4 Å². The van der Waals surface area contributed by atoms with Crippen LogP contribution < -0.4 is 10.1 Å². The quantitative estimate of drug-likeness (QED) is 0.937. The number of aromatic nitrogens is 1. The van der Waals surface area contributed by atoms with Crippen molar-refractivity contribution < 1.29 is 9.53 Å². The molecule has 0 unspecified atom stereocenters. The molecule has 6 nitrogen and oxygen atoms in total. The summed E-state index contributed by atoms with van der Waals surface area (Å²) in [6, 6.07) is 11.4. The van der Waals surface area contributed by atoms with E-state index in [1.54, 1.807) is 13.3 Å². The highest BCUT2D eigenvalue weighted by Crippen LogP contribution is 2.23. The first-order valence-electron chi connectivity index (χ1n) is 8.06. The fourth-order valence-corrected chi connectivity index (χ4v) is 2.80. The number of carbonyl (C=O) groups is 1. The van der Waals surface area contributed by atoms with Gasteiger partial charge in [-0.2, -0.15) is 0 Å². The Labute approximate surface area is 142 Å². The molecule has 0 radical (unpaired) electrons. The summed E-state index contributed by atoms with van der Waals surface area (Å²) in [4.78, 5) is 20.8. The van der Waals surface area contributed by atoms with Crippen molar-refractivity contribution >= 4 is 11.7 Å². The van der Waals surface area contributed by atoms with Gasteiger partial charge in [-0.3, -0.25) is 9.88 Å². The molecular weight excluding hydrogens is 304 g/mol. The van der Waals surface area contributed by atoms with E-state index in [2.05, 4.69) is 21.3 Å². The number of nitrogens with zero attached hydrogens (tertiary/aromatic N) is 3. The molecule has 1 aliphatic heterocycles. The summed E-state index contributed by atoms with van der Waals surface area (Å²) < 4.78 is 5.27. The third-order valence-corrected chi connectivity index (χ3v) is 4.14. The van der Waals surface area contributed by atoms with Crippen molar-refractivity contribution in [2.45, 2.75) is 6.54 Å². The van der Waals surface area contributed by atoms with E-state index in [1.807, 2.05) is 41.4 Å². The monoisotopic (exact) mass is 326 g/mol. The fraction of sp³-hybridized carbons (Fsp3) is 0.333. The molecule has 0 saturated carbocycles. The van der Waals surface area contributed by atoms with Gasteiger partial charge in [-0.05, 0) is 23.8 Å². The van der Waals surface area contributed by atoms with Gasteiger partial charge in [0.2, 0.25) is 0 Å². The molecule has 1 fully saturated rings. The Morgan fingerprint density at radius 2 is 1.96 bits per heavy atom. The van der Waals surface area contributed by atoms with Crippen LogP contribution in [0.25, 0.3) is 0 Å². The van der Waals surface area contributed by atoms with Gasteiger partial charge in [-0.25, -0.2) is 4.79 Å². The molecule has 0 atom stereocenters. The summed E-state index contributed by atoms with van der Waals surface area (Å²) in [6.07, 6.45) is 3.67. The number of urea groups is 1. The minimum atomic E-state index is -0.0828. The molecule has 1 aromatic heterocycles. The van der Waals surface area contributed by atoms with E-state index >= 15 is 0 Å². The van der Waals surface area contributed by atoms with Crippen LogP contribution in [0.5, 0.6) is 5.75 Å². The second kappa shape index (κ2) is 7.79. The predicted octanol–water partition coefficient (Wildman–Crippen LogP) is 2.44. The first-order chi connectivity index (χ1) is 11.8. The fourth-order valence-electron chi connectivity index (χ4n) is 2.80. The maximum absolute atomic E-state index is 12.4.